The average Bonchev–Trinajstić information content (AvgIpc) is 2.33. The molecule has 1 saturated heterocycles. The van der Waals surface area contributed by atoms with Crippen LogP contribution in [0.1, 0.15) is 32.1 Å². The van der Waals surface area contributed by atoms with E-state index in [9.17, 15) is 9.90 Å². The van der Waals surface area contributed by atoms with Crippen LogP contribution in [0.4, 0.5) is 0 Å². The molecule has 0 radical (unpaired) electrons. The second kappa shape index (κ2) is 3.05. The van der Waals surface area contributed by atoms with E-state index in [1.807, 2.05) is 0 Å². The predicted octanol–water partition coefficient (Wildman–Crippen LogP) is 0.853. The molecular formula is C9H14O3. The quantitative estimate of drug-likeness (QED) is 0.548. The van der Waals surface area contributed by atoms with Crippen LogP contribution in [0.15, 0.2) is 0 Å². The fourth-order valence-corrected chi connectivity index (χ4v) is 2.21. The molecule has 2 rings (SSSR count). The zero-order valence-electron chi connectivity index (χ0n) is 7.03. The third-order valence-electron chi connectivity index (χ3n) is 2.87. The lowest BCUT2D eigenvalue weighted by molar-refractivity contribution is -0.145. The average molecular weight is 170 g/mol. The Morgan fingerprint density at radius 2 is 2.08 bits per heavy atom. The van der Waals surface area contributed by atoms with Crippen molar-refractivity contribution in [1.82, 2.24) is 0 Å². The van der Waals surface area contributed by atoms with E-state index in [0.29, 0.717) is 6.42 Å². The highest BCUT2D eigenvalue weighted by atomic mass is 16.6. The van der Waals surface area contributed by atoms with E-state index in [1.54, 1.807) is 0 Å². The topological polar surface area (TPSA) is 46.5 Å². The second-order valence-corrected chi connectivity index (χ2v) is 3.77. The number of esters is 1. The Morgan fingerprint density at radius 3 is 2.92 bits per heavy atom. The molecule has 0 unspecified atom stereocenters. The first-order valence-corrected chi connectivity index (χ1v) is 4.65. The second-order valence-electron chi connectivity index (χ2n) is 3.77. The molecule has 0 amide bonds. The summed E-state index contributed by atoms with van der Waals surface area (Å²) in [4.78, 5) is 10.9. The van der Waals surface area contributed by atoms with Crippen LogP contribution in [0, 0.1) is 5.92 Å². The molecule has 3 nitrogen and oxygen atoms in total. The Kier molecular flexibility index (Phi) is 2.05. The number of fused-ring (bicyclic) bond motifs is 1. The first kappa shape index (κ1) is 8.05. The SMILES string of the molecule is O=C1C[C@H]2CCCC[C@@H](O)[C@H]2O1. The van der Waals surface area contributed by atoms with Crippen molar-refractivity contribution in [2.75, 3.05) is 0 Å². The minimum Gasteiger partial charge on any atom is -0.459 e. The summed E-state index contributed by atoms with van der Waals surface area (Å²) in [7, 11) is 0. The van der Waals surface area contributed by atoms with Crippen LogP contribution >= 0.6 is 0 Å². The lowest BCUT2D eigenvalue weighted by Crippen LogP contribution is -2.29. The van der Waals surface area contributed by atoms with Gasteiger partial charge in [-0.1, -0.05) is 12.8 Å². The molecule has 1 saturated carbocycles. The van der Waals surface area contributed by atoms with Crippen molar-refractivity contribution in [2.45, 2.75) is 44.3 Å². The fourth-order valence-electron chi connectivity index (χ4n) is 2.21. The van der Waals surface area contributed by atoms with Crippen molar-refractivity contribution in [2.24, 2.45) is 5.92 Å². The molecule has 12 heavy (non-hydrogen) atoms. The summed E-state index contributed by atoms with van der Waals surface area (Å²) in [5.74, 6) is 0.154. The summed E-state index contributed by atoms with van der Waals surface area (Å²) in [5, 5.41) is 9.60. The van der Waals surface area contributed by atoms with E-state index < -0.39 is 6.10 Å². The smallest absolute Gasteiger partial charge is 0.306 e. The number of aliphatic hydroxyl groups excluding tert-OH is 1. The molecule has 0 aromatic carbocycles. The van der Waals surface area contributed by atoms with Gasteiger partial charge in [0.2, 0.25) is 0 Å². The Bertz CT molecular complexity index is 190. The van der Waals surface area contributed by atoms with E-state index in [-0.39, 0.29) is 18.0 Å². The van der Waals surface area contributed by atoms with Crippen LogP contribution in [0.3, 0.4) is 0 Å². The molecule has 0 bridgehead atoms. The van der Waals surface area contributed by atoms with Gasteiger partial charge in [0, 0.05) is 5.92 Å². The Hall–Kier alpha value is -0.570. The van der Waals surface area contributed by atoms with Gasteiger partial charge in [-0.2, -0.15) is 0 Å². The van der Waals surface area contributed by atoms with Crippen LogP contribution in [0.5, 0.6) is 0 Å². The van der Waals surface area contributed by atoms with Gasteiger partial charge in [-0.05, 0) is 12.8 Å². The van der Waals surface area contributed by atoms with Crippen molar-refractivity contribution in [3.63, 3.8) is 0 Å². The van der Waals surface area contributed by atoms with E-state index >= 15 is 0 Å². The lowest BCUT2D eigenvalue weighted by Gasteiger charge is -2.18. The van der Waals surface area contributed by atoms with Crippen LogP contribution < -0.4 is 0 Å². The summed E-state index contributed by atoms with van der Waals surface area (Å²) in [5.41, 5.74) is 0. The molecule has 0 aromatic rings. The minimum absolute atomic E-state index is 0.133. The molecular weight excluding hydrogens is 156 g/mol. The largest absolute Gasteiger partial charge is 0.459 e. The molecule has 1 heterocycles. The van der Waals surface area contributed by atoms with E-state index in [4.69, 9.17) is 4.74 Å². The lowest BCUT2D eigenvalue weighted by atomic mass is 9.95. The third kappa shape index (κ3) is 1.33. The van der Waals surface area contributed by atoms with Crippen molar-refractivity contribution in [1.29, 1.82) is 0 Å². The molecule has 0 spiro atoms. The van der Waals surface area contributed by atoms with Crippen molar-refractivity contribution < 1.29 is 14.6 Å². The highest BCUT2D eigenvalue weighted by molar-refractivity contribution is 5.72. The predicted molar refractivity (Wildman–Crippen MR) is 42.5 cm³/mol. The van der Waals surface area contributed by atoms with Crippen LogP contribution in [0.25, 0.3) is 0 Å². The number of hydrogen-bond donors (Lipinski definition) is 1. The summed E-state index contributed by atoms with van der Waals surface area (Å²) in [6, 6.07) is 0. The van der Waals surface area contributed by atoms with Crippen molar-refractivity contribution >= 4 is 5.97 Å². The van der Waals surface area contributed by atoms with Gasteiger partial charge < -0.3 is 9.84 Å². The van der Waals surface area contributed by atoms with Crippen molar-refractivity contribution in [3.8, 4) is 0 Å². The molecule has 1 aliphatic heterocycles. The monoisotopic (exact) mass is 170 g/mol. The van der Waals surface area contributed by atoms with Gasteiger partial charge in [-0.25, -0.2) is 0 Å². The number of rotatable bonds is 0. The summed E-state index contributed by atoms with van der Waals surface area (Å²) in [6.07, 6.45) is 3.91. The maximum Gasteiger partial charge on any atom is 0.306 e. The van der Waals surface area contributed by atoms with E-state index in [0.717, 1.165) is 25.7 Å². The molecule has 2 fully saturated rings. The summed E-state index contributed by atoms with van der Waals surface area (Å²) >= 11 is 0. The molecule has 2 aliphatic rings. The molecule has 1 aliphatic carbocycles. The Labute approximate surface area is 71.7 Å². The zero-order valence-corrected chi connectivity index (χ0v) is 7.03. The molecule has 1 N–H and O–H groups in total. The van der Waals surface area contributed by atoms with Gasteiger partial charge in [0.1, 0.15) is 6.10 Å². The zero-order chi connectivity index (χ0) is 8.55. The molecule has 0 aromatic heterocycles. The number of aliphatic hydroxyl groups is 1. The van der Waals surface area contributed by atoms with Crippen LogP contribution in [-0.2, 0) is 9.53 Å². The number of ether oxygens (including phenoxy) is 1. The van der Waals surface area contributed by atoms with E-state index in [1.165, 1.54) is 0 Å². The minimum atomic E-state index is -0.413. The van der Waals surface area contributed by atoms with E-state index in [2.05, 4.69) is 0 Å². The fraction of sp³-hybridized carbons (Fsp3) is 0.889. The summed E-state index contributed by atoms with van der Waals surface area (Å²) in [6.45, 7) is 0. The van der Waals surface area contributed by atoms with Gasteiger partial charge in [-0.3, -0.25) is 4.79 Å². The molecule has 3 atom stereocenters. The number of carbonyl (C=O) groups excluding carboxylic acids is 1. The maximum absolute atomic E-state index is 10.9. The standard InChI is InChI=1S/C9H14O3/c10-7-4-2-1-3-6-5-8(11)12-9(6)7/h6-7,9-10H,1-5H2/t6-,7-,9+/m1/s1. The van der Waals surface area contributed by atoms with Gasteiger partial charge in [0.15, 0.2) is 0 Å². The first-order chi connectivity index (χ1) is 5.77. The Balaban J connectivity index is 2.09. The van der Waals surface area contributed by atoms with Crippen LogP contribution in [0.2, 0.25) is 0 Å². The van der Waals surface area contributed by atoms with Crippen LogP contribution in [-0.4, -0.2) is 23.3 Å². The van der Waals surface area contributed by atoms with Gasteiger partial charge in [0.25, 0.3) is 0 Å². The maximum atomic E-state index is 10.9. The normalized spacial score (nSPS) is 41.8. The molecule has 68 valence electrons. The van der Waals surface area contributed by atoms with Gasteiger partial charge >= 0.3 is 5.97 Å². The molecule has 3 heteroatoms. The van der Waals surface area contributed by atoms with Gasteiger partial charge in [-0.15, -0.1) is 0 Å². The Morgan fingerprint density at radius 1 is 1.33 bits per heavy atom. The van der Waals surface area contributed by atoms with Gasteiger partial charge in [0.05, 0.1) is 12.5 Å². The van der Waals surface area contributed by atoms with Crippen molar-refractivity contribution in [3.05, 3.63) is 0 Å². The first-order valence-electron chi connectivity index (χ1n) is 4.65. The summed E-state index contributed by atoms with van der Waals surface area (Å²) < 4.78 is 5.07. The highest BCUT2D eigenvalue weighted by Crippen LogP contribution is 2.33. The number of carbonyl (C=O) groups is 1. The third-order valence-corrected chi connectivity index (χ3v) is 2.87. The highest BCUT2D eigenvalue weighted by Gasteiger charge is 2.40. The number of hydrogen-bond acceptors (Lipinski definition) is 3.